The predicted molar refractivity (Wildman–Crippen MR) is 150 cm³/mol. The van der Waals surface area contributed by atoms with Gasteiger partial charge < -0.3 is 9.64 Å². The van der Waals surface area contributed by atoms with Crippen LogP contribution >= 0.6 is 23.1 Å². The molecule has 1 unspecified atom stereocenters. The average Bonchev–Trinajstić information content (AvgIpc) is 3.41. The molecule has 2 aromatic heterocycles. The van der Waals surface area contributed by atoms with E-state index in [9.17, 15) is 4.79 Å². The van der Waals surface area contributed by atoms with Gasteiger partial charge in [0.25, 0.3) is 0 Å². The third kappa shape index (κ3) is 5.44. The number of thiophene rings is 1. The zero-order valence-electron chi connectivity index (χ0n) is 21.1. The first-order valence-electron chi connectivity index (χ1n) is 12.4. The number of carbonyl (C=O) groups is 1. The second-order valence-electron chi connectivity index (χ2n) is 9.99. The van der Waals surface area contributed by atoms with E-state index < -0.39 is 5.41 Å². The van der Waals surface area contributed by atoms with Crippen LogP contribution in [0.2, 0.25) is 0 Å². The number of rotatable bonds is 6. The molecule has 2 fully saturated rings. The average molecular weight is 520 g/mol. The number of anilines is 1. The summed E-state index contributed by atoms with van der Waals surface area (Å²) in [5.41, 5.74) is 2.29. The maximum Gasteiger partial charge on any atom is 0.167 e. The van der Waals surface area contributed by atoms with Gasteiger partial charge in [-0.25, -0.2) is 4.98 Å². The molecule has 0 bridgehead atoms. The van der Waals surface area contributed by atoms with Crippen LogP contribution < -0.4 is 4.90 Å². The number of hydrogen-bond donors (Lipinski definition) is 0. The van der Waals surface area contributed by atoms with Crippen LogP contribution in [-0.4, -0.2) is 54.8 Å². The summed E-state index contributed by atoms with van der Waals surface area (Å²) in [4.78, 5) is 26.1. The first-order chi connectivity index (χ1) is 17.4. The molecule has 4 heterocycles. The molecule has 7 heteroatoms. The van der Waals surface area contributed by atoms with Gasteiger partial charge in [-0.3, -0.25) is 9.69 Å². The van der Waals surface area contributed by atoms with Gasteiger partial charge >= 0.3 is 0 Å². The topological polar surface area (TPSA) is 45.7 Å². The van der Waals surface area contributed by atoms with Crippen LogP contribution in [0.1, 0.15) is 36.0 Å². The number of nitrogens with zero attached hydrogens (tertiary/aromatic N) is 3. The maximum atomic E-state index is 13.9. The van der Waals surface area contributed by atoms with Gasteiger partial charge in [-0.1, -0.05) is 38.1 Å². The summed E-state index contributed by atoms with van der Waals surface area (Å²) in [7, 11) is 0. The summed E-state index contributed by atoms with van der Waals surface area (Å²) in [5, 5.41) is 2.12. The first kappa shape index (κ1) is 25.2. The monoisotopic (exact) mass is 519 g/mol. The molecule has 0 N–H and O–H groups in total. The Labute approximate surface area is 222 Å². The lowest BCUT2D eigenvalue weighted by molar-refractivity contribution is -0.128. The lowest BCUT2D eigenvalue weighted by Gasteiger charge is -2.44. The number of hydrogen-bond acceptors (Lipinski definition) is 7. The molecule has 0 amide bonds. The van der Waals surface area contributed by atoms with Crippen molar-refractivity contribution < 1.29 is 9.53 Å². The van der Waals surface area contributed by atoms with Crippen molar-refractivity contribution in [1.29, 1.82) is 0 Å². The van der Waals surface area contributed by atoms with Crippen molar-refractivity contribution in [2.24, 2.45) is 5.41 Å². The van der Waals surface area contributed by atoms with Gasteiger partial charge in [0, 0.05) is 46.9 Å². The quantitative estimate of drug-likeness (QED) is 0.297. The van der Waals surface area contributed by atoms with Crippen LogP contribution in [0, 0.1) is 5.41 Å². The van der Waals surface area contributed by atoms with Crippen molar-refractivity contribution in [1.82, 2.24) is 9.88 Å². The molecular weight excluding hydrogens is 486 g/mol. The summed E-state index contributed by atoms with van der Waals surface area (Å²) in [6.45, 7) is 8.73. The number of pyridine rings is 1. The summed E-state index contributed by atoms with van der Waals surface area (Å²) in [6.07, 6.45) is 4.12. The molecule has 36 heavy (non-hydrogen) atoms. The van der Waals surface area contributed by atoms with Crippen molar-refractivity contribution in [3.63, 3.8) is 0 Å². The molecule has 5 rings (SSSR count). The van der Waals surface area contributed by atoms with Crippen LogP contribution in [0.15, 0.2) is 70.4 Å². The minimum absolute atomic E-state index is 0.127. The van der Waals surface area contributed by atoms with Crippen molar-refractivity contribution in [2.75, 3.05) is 44.0 Å². The van der Waals surface area contributed by atoms with Gasteiger partial charge in [-0.2, -0.15) is 0 Å². The van der Waals surface area contributed by atoms with Gasteiger partial charge in [0.05, 0.1) is 24.9 Å². The number of ketones is 1. The van der Waals surface area contributed by atoms with Crippen LogP contribution in [0.5, 0.6) is 0 Å². The summed E-state index contributed by atoms with van der Waals surface area (Å²) in [6, 6.07) is 18.9. The number of Topliss-reactive ketones (excluding diaryl/α,β-unsaturated/α-hetero) is 1. The number of morpholine rings is 1. The van der Waals surface area contributed by atoms with Gasteiger partial charge in [-0.05, 0) is 53.6 Å². The SMILES string of the molecule is CSc1ccc(C2/C(=C/c3cccc(N4CCOCC4)n3)C(=O)C(C)(C)CN2Cc2cccs2)cc1. The fourth-order valence-corrected chi connectivity index (χ4v) is 6.24. The summed E-state index contributed by atoms with van der Waals surface area (Å²) >= 11 is 3.50. The van der Waals surface area contributed by atoms with Crippen LogP contribution in [0.4, 0.5) is 5.82 Å². The molecule has 2 aliphatic heterocycles. The van der Waals surface area contributed by atoms with E-state index in [1.165, 1.54) is 9.77 Å². The first-order valence-corrected chi connectivity index (χ1v) is 14.5. The second-order valence-corrected chi connectivity index (χ2v) is 11.9. The number of piperidine rings is 1. The number of thioether (sulfide) groups is 1. The molecule has 1 atom stereocenters. The highest BCUT2D eigenvalue weighted by atomic mass is 32.2. The maximum absolute atomic E-state index is 13.9. The largest absolute Gasteiger partial charge is 0.378 e. The Balaban J connectivity index is 1.58. The third-order valence-corrected chi connectivity index (χ3v) is 8.50. The number of ether oxygens (including phenoxy) is 1. The Morgan fingerprint density at radius 3 is 2.58 bits per heavy atom. The van der Waals surface area contributed by atoms with Crippen molar-refractivity contribution >= 4 is 40.8 Å². The minimum Gasteiger partial charge on any atom is -0.378 e. The second kappa shape index (κ2) is 10.9. The Kier molecular flexibility index (Phi) is 7.62. The van der Waals surface area contributed by atoms with E-state index in [2.05, 4.69) is 71.7 Å². The Hall–Kier alpha value is -2.45. The van der Waals surface area contributed by atoms with Gasteiger partial charge in [0.15, 0.2) is 5.78 Å². The van der Waals surface area contributed by atoms with E-state index in [1.54, 1.807) is 23.1 Å². The molecule has 188 valence electrons. The summed E-state index contributed by atoms with van der Waals surface area (Å²) < 4.78 is 5.51. The minimum atomic E-state index is -0.485. The molecular formula is C29H33N3O2S2. The van der Waals surface area contributed by atoms with E-state index in [1.807, 2.05) is 24.3 Å². The molecule has 0 aliphatic carbocycles. The molecule has 5 nitrogen and oxygen atoms in total. The van der Waals surface area contributed by atoms with E-state index >= 15 is 0 Å². The number of carbonyl (C=O) groups excluding carboxylic acids is 1. The molecule has 0 saturated carbocycles. The van der Waals surface area contributed by atoms with Crippen molar-refractivity contribution in [3.8, 4) is 0 Å². The molecule has 2 saturated heterocycles. The van der Waals surface area contributed by atoms with Crippen molar-refractivity contribution in [3.05, 3.63) is 81.7 Å². The predicted octanol–water partition coefficient (Wildman–Crippen LogP) is 5.94. The number of aromatic nitrogens is 1. The van der Waals surface area contributed by atoms with Crippen LogP contribution in [-0.2, 0) is 16.1 Å². The van der Waals surface area contributed by atoms with Gasteiger partial charge in [0.2, 0.25) is 0 Å². The lowest BCUT2D eigenvalue weighted by atomic mass is 9.74. The molecule has 3 aromatic rings. The van der Waals surface area contributed by atoms with Crippen LogP contribution in [0.3, 0.4) is 0 Å². The van der Waals surface area contributed by atoms with Gasteiger partial charge in [-0.15, -0.1) is 23.1 Å². The Bertz CT molecular complexity index is 1220. The molecule has 0 spiro atoms. The van der Waals surface area contributed by atoms with Crippen LogP contribution in [0.25, 0.3) is 6.08 Å². The smallest absolute Gasteiger partial charge is 0.167 e. The zero-order chi connectivity index (χ0) is 25.1. The van der Waals surface area contributed by atoms with E-state index in [0.717, 1.165) is 42.3 Å². The summed E-state index contributed by atoms with van der Waals surface area (Å²) in [5.74, 6) is 1.13. The van der Waals surface area contributed by atoms with E-state index in [-0.39, 0.29) is 11.8 Å². The van der Waals surface area contributed by atoms with E-state index in [0.29, 0.717) is 19.8 Å². The standard InChI is InChI=1S/C29H33N3O2S2/c1-29(2)20-32(19-24-7-5-17-36-24)27(21-9-11-23(35-3)12-10-21)25(28(29)33)18-22-6-4-8-26(30-22)31-13-15-34-16-14-31/h4-12,17-18,27H,13-16,19-20H2,1-3H3/b25-18-. The highest BCUT2D eigenvalue weighted by molar-refractivity contribution is 7.98. The fourth-order valence-electron chi connectivity index (χ4n) is 5.10. The Morgan fingerprint density at radius 2 is 1.89 bits per heavy atom. The van der Waals surface area contributed by atoms with E-state index in [4.69, 9.17) is 9.72 Å². The fraction of sp³-hybridized carbons (Fsp3) is 0.379. The van der Waals surface area contributed by atoms with Gasteiger partial charge in [0.1, 0.15) is 5.82 Å². The highest BCUT2D eigenvalue weighted by Gasteiger charge is 2.44. The lowest BCUT2D eigenvalue weighted by Crippen LogP contribution is -2.48. The molecule has 0 radical (unpaired) electrons. The highest BCUT2D eigenvalue weighted by Crippen LogP contribution is 2.43. The Morgan fingerprint density at radius 1 is 1.11 bits per heavy atom. The normalized spacial score (nSPS) is 21.8. The zero-order valence-corrected chi connectivity index (χ0v) is 22.8. The third-order valence-electron chi connectivity index (χ3n) is 6.90. The van der Waals surface area contributed by atoms with Crippen molar-refractivity contribution in [2.45, 2.75) is 31.3 Å². The molecule has 2 aliphatic rings. The number of likely N-dealkylation sites (tertiary alicyclic amines) is 1. The molecule has 1 aromatic carbocycles. The number of benzene rings is 1.